The van der Waals surface area contributed by atoms with Gasteiger partial charge in [0.15, 0.2) is 0 Å². The second kappa shape index (κ2) is 6.66. The summed E-state index contributed by atoms with van der Waals surface area (Å²) in [5.74, 6) is 0.223. The van der Waals surface area contributed by atoms with Gasteiger partial charge in [0.05, 0.1) is 6.54 Å². The Labute approximate surface area is 101 Å². The number of hydrogen-bond acceptors (Lipinski definition) is 3. The first-order valence-electron chi connectivity index (χ1n) is 5.57. The fourth-order valence-electron chi connectivity index (χ4n) is 1.50. The van der Waals surface area contributed by atoms with Gasteiger partial charge >= 0.3 is 0 Å². The van der Waals surface area contributed by atoms with E-state index in [0.29, 0.717) is 6.42 Å². The van der Waals surface area contributed by atoms with Crippen molar-refractivity contribution in [1.82, 2.24) is 10.2 Å². The number of carbonyl (C=O) groups is 1. The van der Waals surface area contributed by atoms with Crippen LogP contribution in [0.1, 0.15) is 22.6 Å². The van der Waals surface area contributed by atoms with Gasteiger partial charge in [0, 0.05) is 23.2 Å². The van der Waals surface area contributed by atoms with Gasteiger partial charge in [-0.25, -0.2) is 0 Å². The highest BCUT2D eigenvalue weighted by atomic mass is 32.1. The molecule has 1 rings (SSSR count). The van der Waals surface area contributed by atoms with Crippen LogP contribution in [0.25, 0.3) is 0 Å². The van der Waals surface area contributed by atoms with Gasteiger partial charge in [-0.15, -0.1) is 11.3 Å². The van der Waals surface area contributed by atoms with E-state index in [1.807, 2.05) is 14.1 Å². The van der Waals surface area contributed by atoms with Gasteiger partial charge in [-0.1, -0.05) is 0 Å². The monoisotopic (exact) mass is 240 g/mol. The number of carbonyl (C=O) groups excluding carboxylic acids is 1. The molecule has 1 heterocycles. The molecule has 0 aliphatic heterocycles. The minimum atomic E-state index is 0.223. The summed E-state index contributed by atoms with van der Waals surface area (Å²) in [4.78, 5) is 16.1. The highest BCUT2D eigenvalue weighted by molar-refractivity contribution is 7.11. The molecule has 0 atom stereocenters. The number of amides is 1. The molecule has 1 aromatic rings. The third-order valence-electron chi connectivity index (χ3n) is 2.43. The van der Waals surface area contributed by atoms with Crippen molar-refractivity contribution in [2.24, 2.45) is 0 Å². The minimum Gasteiger partial charge on any atom is -0.341 e. The zero-order valence-electron chi connectivity index (χ0n) is 10.2. The molecular weight excluding hydrogens is 220 g/mol. The van der Waals surface area contributed by atoms with Gasteiger partial charge in [-0.05, 0) is 39.1 Å². The highest BCUT2D eigenvalue weighted by Gasteiger charge is 2.09. The van der Waals surface area contributed by atoms with Crippen LogP contribution in [0, 0.1) is 6.92 Å². The Morgan fingerprint density at radius 3 is 2.81 bits per heavy atom. The maximum Gasteiger partial charge on any atom is 0.222 e. The third-order valence-corrected chi connectivity index (χ3v) is 3.42. The van der Waals surface area contributed by atoms with E-state index in [2.05, 4.69) is 24.4 Å². The van der Waals surface area contributed by atoms with Crippen LogP contribution in [0.4, 0.5) is 0 Å². The molecule has 16 heavy (non-hydrogen) atoms. The second-order valence-electron chi connectivity index (χ2n) is 3.97. The molecule has 0 saturated heterocycles. The molecular formula is C12H20N2OS. The molecule has 4 heteroatoms. The molecule has 0 aromatic carbocycles. The van der Waals surface area contributed by atoms with Crippen molar-refractivity contribution in [3.63, 3.8) is 0 Å². The van der Waals surface area contributed by atoms with E-state index >= 15 is 0 Å². The van der Waals surface area contributed by atoms with E-state index < -0.39 is 0 Å². The lowest BCUT2D eigenvalue weighted by Crippen LogP contribution is -2.26. The first-order valence-corrected chi connectivity index (χ1v) is 6.39. The lowest BCUT2D eigenvalue weighted by atomic mass is 10.2. The van der Waals surface area contributed by atoms with Crippen LogP contribution >= 0.6 is 11.3 Å². The van der Waals surface area contributed by atoms with Crippen molar-refractivity contribution in [2.75, 3.05) is 20.6 Å². The quantitative estimate of drug-likeness (QED) is 0.772. The molecule has 0 unspecified atom stereocenters. The smallest absolute Gasteiger partial charge is 0.222 e. The van der Waals surface area contributed by atoms with Crippen LogP contribution in [0.15, 0.2) is 12.1 Å². The van der Waals surface area contributed by atoms with Crippen LogP contribution in [0.2, 0.25) is 0 Å². The molecule has 0 spiro atoms. The Hall–Kier alpha value is -0.870. The van der Waals surface area contributed by atoms with Crippen molar-refractivity contribution < 1.29 is 4.79 Å². The van der Waals surface area contributed by atoms with Crippen molar-refractivity contribution in [3.8, 4) is 0 Å². The van der Waals surface area contributed by atoms with E-state index in [9.17, 15) is 4.79 Å². The van der Waals surface area contributed by atoms with Crippen LogP contribution in [0.3, 0.4) is 0 Å². The Bertz CT molecular complexity index is 336. The summed E-state index contributed by atoms with van der Waals surface area (Å²) in [6.45, 7) is 3.72. The summed E-state index contributed by atoms with van der Waals surface area (Å²) >= 11 is 1.76. The predicted molar refractivity (Wildman–Crippen MR) is 68.7 cm³/mol. The van der Waals surface area contributed by atoms with Gasteiger partial charge in [0.2, 0.25) is 5.91 Å². The second-order valence-corrected chi connectivity index (χ2v) is 5.34. The van der Waals surface area contributed by atoms with Crippen LogP contribution in [-0.2, 0) is 11.3 Å². The fourth-order valence-corrected chi connectivity index (χ4v) is 2.44. The molecule has 0 aliphatic carbocycles. The summed E-state index contributed by atoms with van der Waals surface area (Å²) in [5, 5.41) is 3.05. The first-order chi connectivity index (χ1) is 7.63. The van der Waals surface area contributed by atoms with Gasteiger partial charge in [-0.3, -0.25) is 4.79 Å². The predicted octanol–water partition coefficient (Wildman–Crippen LogP) is 2.01. The van der Waals surface area contributed by atoms with Crippen molar-refractivity contribution in [3.05, 3.63) is 21.9 Å². The van der Waals surface area contributed by atoms with Crippen LogP contribution in [0.5, 0.6) is 0 Å². The fraction of sp³-hybridized carbons (Fsp3) is 0.583. The molecule has 0 fully saturated rings. The molecule has 0 aliphatic rings. The zero-order valence-corrected chi connectivity index (χ0v) is 11.1. The van der Waals surface area contributed by atoms with Gasteiger partial charge in [-0.2, -0.15) is 0 Å². The molecule has 1 N–H and O–H groups in total. The van der Waals surface area contributed by atoms with Crippen molar-refractivity contribution in [2.45, 2.75) is 26.3 Å². The highest BCUT2D eigenvalue weighted by Crippen LogP contribution is 2.16. The maximum atomic E-state index is 11.7. The molecule has 90 valence electrons. The van der Waals surface area contributed by atoms with Gasteiger partial charge < -0.3 is 10.2 Å². The Morgan fingerprint density at radius 1 is 1.50 bits per heavy atom. The largest absolute Gasteiger partial charge is 0.341 e. The van der Waals surface area contributed by atoms with E-state index in [1.54, 1.807) is 16.2 Å². The lowest BCUT2D eigenvalue weighted by Gasteiger charge is -2.16. The van der Waals surface area contributed by atoms with Crippen molar-refractivity contribution >= 4 is 17.2 Å². The van der Waals surface area contributed by atoms with E-state index in [0.717, 1.165) is 19.5 Å². The third kappa shape index (κ3) is 4.33. The summed E-state index contributed by atoms with van der Waals surface area (Å²) in [5.41, 5.74) is 0. The first kappa shape index (κ1) is 13.2. The maximum absolute atomic E-state index is 11.7. The van der Waals surface area contributed by atoms with Crippen LogP contribution in [-0.4, -0.2) is 31.4 Å². The van der Waals surface area contributed by atoms with Crippen molar-refractivity contribution in [1.29, 1.82) is 0 Å². The molecule has 0 bridgehead atoms. The topological polar surface area (TPSA) is 32.3 Å². The average molecular weight is 240 g/mol. The lowest BCUT2D eigenvalue weighted by molar-refractivity contribution is -0.130. The summed E-state index contributed by atoms with van der Waals surface area (Å²) in [6.07, 6.45) is 1.53. The average Bonchev–Trinajstić information content (AvgIpc) is 2.64. The number of nitrogens with one attached hydrogen (secondary N) is 1. The minimum absolute atomic E-state index is 0.223. The number of nitrogens with zero attached hydrogens (tertiary/aromatic N) is 1. The number of hydrogen-bond donors (Lipinski definition) is 1. The summed E-state index contributed by atoms with van der Waals surface area (Å²) < 4.78 is 0. The Kier molecular flexibility index (Phi) is 5.49. The number of rotatable bonds is 6. The van der Waals surface area contributed by atoms with Gasteiger partial charge in [0.25, 0.3) is 0 Å². The number of thiophene rings is 1. The normalized spacial score (nSPS) is 10.4. The Morgan fingerprint density at radius 2 is 2.25 bits per heavy atom. The van der Waals surface area contributed by atoms with Crippen LogP contribution < -0.4 is 5.32 Å². The van der Waals surface area contributed by atoms with E-state index in [-0.39, 0.29) is 5.91 Å². The summed E-state index contributed by atoms with van der Waals surface area (Å²) in [6, 6.07) is 4.19. The van der Waals surface area contributed by atoms with E-state index in [4.69, 9.17) is 0 Å². The summed E-state index contributed by atoms with van der Waals surface area (Å²) in [7, 11) is 3.78. The molecule has 3 nitrogen and oxygen atoms in total. The SMILES string of the molecule is CNCCCC(=O)N(C)Cc1ccc(C)s1. The number of aryl methyl sites for hydroxylation is 1. The zero-order chi connectivity index (χ0) is 12.0. The molecule has 0 saturated carbocycles. The molecule has 1 aromatic heterocycles. The Balaban J connectivity index is 2.34. The van der Waals surface area contributed by atoms with Gasteiger partial charge in [0.1, 0.15) is 0 Å². The van der Waals surface area contributed by atoms with E-state index in [1.165, 1.54) is 9.75 Å². The molecule has 0 radical (unpaired) electrons. The standard InChI is InChI=1S/C12H20N2OS/c1-10-6-7-11(16-10)9-14(3)12(15)5-4-8-13-2/h6-7,13H,4-5,8-9H2,1-3H3. The molecule has 1 amide bonds.